The molecule has 1 aromatic rings. The first kappa shape index (κ1) is 16.5. The first-order chi connectivity index (χ1) is 9.34. The minimum atomic E-state index is -3.02. The molecule has 0 bridgehead atoms. The molecule has 1 atom stereocenters. The Labute approximate surface area is 116 Å². The van der Waals surface area contributed by atoms with E-state index in [-0.39, 0.29) is 36.8 Å². The number of aliphatic hydroxyl groups excluding tert-OH is 1. The smallest absolute Gasteiger partial charge is 0.306 e. The fraction of sp³-hybridized carbons (Fsp3) is 0.700. The molecule has 1 unspecified atom stereocenters. The van der Waals surface area contributed by atoms with Crippen molar-refractivity contribution in [2.45, 2.75) is 19.6 Å². The lowest BCUT2D eigenvalue weighted by Gasteiger charge is -2.11. The molecule has 0 spiro atoms. The first-order valence-electron chi connectivity index (χ1n) is 6.10. The highest BCUT2D eigenvalue weighted by molar-refractivity contribution is 7.91. The quantitative estimate of drug-likeness (QED) is 0.346. The predicted molar refractivity (Wildman–Crippen MR) is 72.1 cm³/mol. The topological polar surface area (TPSA) is 127 Å². The van der Waals surface area contributed by atoms with Crippen LogP contribution in [0.2, 0.25) is 0 Å². The molecule has 0 aliphatic carbocycles. The Morgan fingerprint density at radius 3 is 2.85 bits per heavy atom. The van der Waals surface area contributed by atoms with Gasteiger partial charge in [-0.25, -0.2) is 8.42 Å². The van der Waals surface area contributed by atoms with E-state index in [9.17, 15) is 23.6 Å². The number of rotatable bonds is 9. The Morgan fingerprint density at radius 2 is 2.30 bits per heavy atom. The van der Waals surface area contributed by atoms with Gasteiger partial charge in [0.2, 0.25) is 0 Å². The number of aromatic nitrogens is 2. The molecule has 1 aromatic heterocycles. The molecule has 0 aliphatic rings. The van der Waals surface area contributed by atoms with Gasteiger partial charge in [-0.3, -0.25) is 14.8 Å². The Hall–Kier alpha value is -1.52. The van der Waals surface area contributed by atoms with E-state index in [0.29, 0.717) is 0 Å². The number of hydrogen-bond acceptors (Lipinski definition) is 7. The SMILES string of the molecule is CCS(=O)(=O)CCNCC(O)Cn1cc([N+](=O)[O-])cn1. The van der Waals surface area contributed by atoms with Crippen LogP contribution in [0.5, 0.6) is 0 Å². The van der Waals surface area contributed by atoms with Crippen molar-refractivity contribution in [1.29, 1.82) is 0 Å². The second-order valence-electron chi connectivity index (χ2n) is 4.27. The minimum absolute atomic E-state index is 0.0173. The van der Waals surface area contributed by atoms with E-state index in [0.717, 1.165) is 6.20 Å². The Morgan fingerprint density at radius 1 is 1.60 bits per heavy atom. The zero-order valence-electron chi connectivity index (χ0n) is 11.1. The summed E-state index contributed by atoms with van der Waals surface area (Å²) in [6, 6.07) is 0. The largest absolute Gasteiger partial charge is 0.390 e. The molecule has 1 rings (SSSR count). The van der Waals surface area contributed by atoms with Gasteiger partial charge in [-0.1, -0.05) is 6.92 Å². The van der Waals surface area contributed by atoms with Gasteiger partial charge < -0.3 is 10.4 Å². The number of nitrogens with one attached hydrogen (secondary N) is 1. The highest BCUT2D eigenvalue weighted by Gasteiger charge is 2.12. The van der Waals surface area contributed by atoms with E-state index in [1.807, 2.05) is 0 Å². The second-order valence-corrected chi connectivity index (χ2v) is 6.74. The van der Waals surface area contributed by atoms with Crippen LogP contribution >= 0.6 is 0 Å². The fourth-order valence-electron chi connectivity index (χ4n) is 1.47. The zero-order chi connectivity index (χ0) is 15.2. The molecule has 10 heteroatoms. The number of hydrogen-bond donors (Lipinski definition) is 2. The summed E-state index contributed by atoms with van der Waals surface area (Å²) in [5.74, 6) is 0.109. The third-order valence-electron chi connectivity index (χ3n) is 2.64. The van der Waals surface area contributed by atoms with Crippen molar-refractivity contribution in [3.8, 4) is 0 Å². The number of nitrogens with zero attached hydrogens (tertiary/aromatic N) is 3. The summed E-state index contributed by atoms with van der Waals surface area (Å²) in [4.78, 5) is 9.89. The van der Waals surface area contributed by atoms with Crippen molar-refractivity contribution < 1.29 is 18.4 Å². The molecule has 1 heterocycles. The monoisotopic (exact) mass is 306 g/mol. The molecule has 2 N–H and O–H groups in total. The van der Waals surface area contributed by atoms with Gasteiger partial charge in [-0.15, -0.1) is 0 Å². The van der Waals surface area contributed by atoms with Gasteiger partial charge in [0.05, 0.1) is 23.3 Å². The van der Waals surface area contributed by atoms with Crippen LogP contribution in [0.1, 0.15) is 6.92 Å². The normalized spacial score (nSPS) is 13.3. The van der Waals surface area contributed by atoms with Crippen LogP contribution in [0.15, 0.2) is 12.4 Å². The maximum atomic E-state index is 11.2. The van der Waals surface area contributed by atoms with Crippen molar-refractivity contribution in [2.75, 3.05) is 24.6 Å². The molecular formula is C10H18N4O5S. The Balaban J connectivity index is 2.29. The van der Waals surface area contributed by atoms with E-state index in [1.165, 1.54) is 10.9 Å². The lowest BCUT2D eigenvalue weighted by molar-refractivity contribution is -0.385. The fourth-order valence-corrected chi connectivity index (χ4v) is 2.21. The minimum Gasteiger partial charge on any atom is -0.390 e. The van der Waals surface area contributed by atoms with Gasteiger partial charge in [-0.2, -0.15) is 5.10 Å². The van der Waals surface area contributed by atoms with Crippen molar-refractivity contribution in [3.63, 3.8) is 0 Å². The molecule has 0 radical (unpaired) electrons. The molecule has 9 nitrogen and oxygen atoms in total. The van der Waals surface area contributed by atoms with Crippen LogP contribution in [0.25, 0.3) is 0 Å². The van der Waals surface area contributed by atoms with Gasteiger partial charge in [0, 0.05) is 18.8 Å². The third-order valence-corrected chi connectivity index (χ3v) is 4.34. The number of aliphatic hydroxyl groups is 1. The average molecular weight is 306 g/mol. The molecule has 0 aliphatic heterocycles. The summed E-state index contributed by atoms with van der Waals surface area (Å²) in [6.45, 7) is 2.12. The molecule has 0 saturated carbocycles. The molecule has 0 saturated heterocycles. The molecule has 114 valence electrons. The van der Waals surface area contributed by atoms with Crippen molar-refractivity contribution in [1.82, 2.24) is 15.1 Å². The summed E-state index contributed by atoms with van der Waals surface area (Å²) in [6.07, 6.45) is 1.53. The highest BCUT2D eigenvalue weighted by Crippen LogP contribution is 2.07. The summed E-state index contributed by atoms with van der Waals surface area (Å²) < 4.78 is 23.7. The third kappa shape index (κ3) is 5.63. The Bertz CT molecular complexity index is 542. The van der Waals surface area contributed by atoms with E-state index in [1.54, 1.807) is 6.92 Å². The molecule has 0 aromatic carbocycles. The summed E-state index contributed by atoms with van der Waals surface area (Å²) >= 11 is 0. The van der Waals surface area contributed by atoms with E-state index in [2.05, 4.69) is 10.4 Å². The highest BCUT2D eigenvalue weighted by atomic mass is 32.2. The summed E-state index contributed by atoms with van der Waals surface area (Å²) in [5, 5.41) is 26.7. The lowest BCUT2D eigenvalue weighted by Crippen LogP contribution is -2.33. The Kier molecular flexibility index (Phi) is 6.05. The average Bonchev–Trinajstić information content (AvgIpc) is 2.83. The lowest BCUT2D eigenvalue weighted by atomic mass is 10.3. The van der Waals surface area contributed by atoms with Crippen LogP contribution in [-0.4, -0.2) is 58.9 Å². The molecule has 0 fully saturated rings. The molecule has 0 amide bonds. The second kappa shape index (κ2) is 7.31. The summed E-state index contributed by atoms with van der Waals surface area (Å²) in [5.41, 5.74) is -0.140. The van der Waals surface area contributed by atoms with Gasteiger partial charge in [0.25, 0.3) is 0 Å². The van der Waals surface area contributed by atoms with Gasteiger partial charge in [0.15, 0.2) is 9.84 Å². The van der Waals surface area contributed by atoms with Gasteiger partial charge in [0.1, 0.15) is 12.4 Å². The van der Waals surface area contributed by atoms with Crippen molar-refractivity contribution in [2.24, 2.45) is 0 Å². The standard InChI is InChI=1S/C10H18N4O5S/c1-2-20(18,19)4-3-11-6-10(15)8-13-7-9(5-12-13)14(16)17/h5,7,10-11,15H,2-4,6,8H2,1H3. The van der Waals surface area contributed by atoms with Crippen molar-refractivity contribution in [3.05, 3.63) is 22.5 Å². The van der Waals surface area contributed by atoms with E-state index in [4.69, 9.17) is 0 Å². The summed E-state index contributed by atoms with van der Waals surface area (Å²) in [7, 11) is -3.02. The van der Waals surface area contributed by atoms with Crippen molar-refractivity contribution >= 4 is 15.5 Å². The van der Waals surface area contributed by atoms with Crippen LogP contribution in [0.3, 0.4) is 0 Å². The number of nitro groups is 1. The maximum absolute atomic E-state index is 11.2. The van der Waals surface area contributed by atoms with E-state index < -0.39 is 20.9 Å². The maximum Gasteiger partial charge on any atom is 0.306 e. The zero-order valence-corrected chi connectivity index (χ0v) is 11.9. The first-order valence-corrected chi connectivity index (χ1v) is 7.92. The van der Waals surface area contributed by atoms with Crippen LogP contribution in [0.4, 0.5) is 5.69 Å². The molecular weight excluding hydrogens is 288 g/mol. The van der Waals surface area contributed by atoms with Gasteiger partial charge in [-0.05, 0) is 0 Å². The molecule has 20 heavy (non-hydrogen) atoms. The number of sulfone groups is 1. The van der Waals surface area contributed by atoms with Gasteiger partial charge >= 0.3 is 5.69 Å². The van der Waals surface area contributed by atoms with Crippen LogP contribution < -0.4 is 5.32 Å². The van der Waals surface area contributed by atoms with Crippen LogP contribution in [0, 0.1) is 10.1 Å². The van der Waals surface area contributed by atoms with Crippen LogP contribution in [-0.2, 0) is 16.4 Å². The van der Waals surface area contributed by atoms with E-state index >= 15 is 0 Å². The predicted octanol–water partition coefficient (Wildman–Crippen LogP) is -0.823.